The van der Waals surface area contributed by atoms with E-state index in [0.29, 0.717) is 13.2 Å². The van der Waals surface area contributed by atoms with Gasteiger partial charge in [-0.2, -0.15) is 0 Å². The van der Waals surface area contributed by atoms with Gasteiger partial charge in [-0.05, 0) is 36.8 Å². The number of ether oxygens (including phenoxy) is 2. The first-order chi connectivity index (χ1) is 13.2. The Morgan fingerprint density at radius 3 is 2.37 bits per heavy atom. The number of benzene rings is 2. The van der Waals surface area contributed by atoms with Crippen molar-refractivity contribution in [2.24, 2.45) is 0 Å². The Labute approximate surface area is 159 Å². The highest BCUT2D eigenvalue weighted by atomic mass is 16.5. The largest absolute Gasteiger partial charge is 0.497 e. The molecule has 0 aliphatic rings. The molecule has 1 heterocycles. The van der Waals surface area contributed by atoms with Gasteiger partial charge in [-0.15, -0.1) is 0 Å². The fraction of sp³-hybridized carbons (Fsp3) is 0.238. The van der Waals surface area contributed by atoms with Crippen LogP contribution in [-0.2, 0) is 6.54 Å². The lowest BCUT2D eigenvalue weighted by Crippen LogP contribution is -2.13. The maximum absolute atomic E-state index is 5.70. The molecule has 6 heteroatoms. The lowest BCUT2D eigenvalue weighted by atomic mass is 10.1. The first-order valence-corrected chi connectivity index (χ1v) is 8.85. The maximum atomic E-state index is 5.70. The number of aromatic nitrogens is 2. The molecule has 0 radical (unpaired) electrons. The number of methoxy groups -OCH3 is 1. The van der Waals surface area contributed by atoms with E-state index in [2.05, 4.69) is 51.8 Å². The third kappa shape index (κ3) is 5.88. The maximum Gasteiger partial charge on any atom is 0.131 e. The van der Waals surface area contributed by atoms with Gasteiger partial charge in [-0.1, -0.05) is 29.8 Å². The van der Waals surface area contributed by atoms with Gasteiger partial charge in [0.05, 0.1) is 13.7 Å². The van der Waals surface area contributed by atoms with Gasteiger partial charge in [0.15, 0.2) is 0 Å². The van der Waals surface area contributed by atoms with Crippen molar-refractivity contribution in [2.75, 3.05) is 30.9 Å². The van der Waals surface area contributed by atoms with Crippen LogP contribution in [0.5, 0.6) is 11.5 Å². The molecule has 2 aromatic carbocycles. The fourth-order valence-electron chi connectivity index (χ4n) is 2.59. The minimum atomic E-state index is 0.530. The normalized spacial score (nSPS) is 10.3. The number of rotatable bonds is 9. The number of hydrogen-bond donors (Lipinski definition) is 2. The summed E-state index contributed by atoms with van der Waals surface area (Å²) in [6, 6.07) is 17.8. The van der Waals surface area contributed by atoms with Gasteiger partial charge in [0.1, 0.15) is 36.1 Å². The first kappa shape index (κ1) is 18.5. The summed E-state index contributed by atoms with van der Waals surface area (Å²) in [5, 5.41) is 6.57. The highest BCUT2D eigenvalue weighted by molar-refractivity contribution is 5.46. The molecule has 0 spiro atoms. The third-order valence-corrected chi connectivity index (χ3v) is 3.96. The van der Waals surface area contributed by atoms with E-state index in [1.54, 1.807) is 13.4 Å². The van der Waals surface area contributed by atoms with Gasteiger partial charge in [-0.25, -0.2) is 9.97 Å². The van der Waals surface area contributed by atoms with E-state index in [1.165, 1.54) is 11.1 Å². The van der Waals surface area contributed by atoms with Crippen molar-refractivity contribution in [3.8, 4) is 11.5 Å². The van der Waals surface area contributed by atoms with Crippen molar-refractivity contribution in [2.45, 2.75) is 13.5 Å². The van der Waals surface area contributed by atoms with Gasteiger partial charge in [-0.3, -0.25) is 0 Å². The molecule has 0 saturated carbocycles. The van der Waals surface area contributed by atoms with Crippen LogP contribution in [-0.4, -0.2) is 30.2 Å². The average molecular weight is 364 g/mol. The van der Waals surface area contributed by atoms with Crippen LogP contribution in [0.25, 0.3) is 0 Å². The molecule has 0 aliphatic carbocycles. The van der Waals surface area contributed by atoms with E-state index in [0.717, 1.165) is 29.7 Å². The van der Waals surface area contributed by atoms with Gasteiger partial charge >= 0.3 is 0 Å². The summed E-state index contributed by atoms with van der Waals surface area (Å²) in [4.78, 5) is 8.51. The van der Waals surface area contributed by atoms with Crippen molar-refractivity contribution in [3.05, 3.63) is 72.1 Å². The third-order valence-electron chi connectivity index (χ3n) is 3.96. The van der Waals surface area contributed by atoms with Crippen LogP contribution in [0.1, 0.15) is 11.1 Å². The van der Waals surface area contributed by atoms with Crippen molar-refractivity contribution in [1.82, 2.24) is 9.97 Å². The van der Waals surface area contributed by atoms with E-state index in [9.17, 15) is 0 Å². The molecule has 0 saturated heterocycles. The fourth-order valence-corrected chi connectivity index (χ4v) is 2.59. The minimum Gasteiger partial charge on any atom is -0.497 e. The summed E-state index contributed by atoms with van der Waals surface area (Å²) in [5.74, 6) is 3.16. The van der Waals surface area contributed by atoms with Crippen LogP contribution in [0, 0.1) is 6.92 Å². The number of aryl methyl sites for hydroxylation is 1. The lowest BCUT2D eigenvalue weighted by Gasteiger charge is -2.10. The molecule has 0 amide bonds. The Morgan fingerprint density at radius 2 is 1.63 bits per heavy atom. The average Bonchev–Trinajstić information content (AvgIpc) is 2.70. The summed E-state index contributed by atoms with van der Waals surface area (Å²) in [6.45, 7) is 3.98. The zero-order valence-electron chi connectivity index (χ0n) is 15.6. The van der Waals surface area contributed by atoms with Crippen LogP contribution >= 0.6 is 0 Å². The number of nitrogens with zero attached hydrogens (tertiary/aromatic N) is 2. The van der Waals surface area contributed by atoms with Crippen molar-refractivity contribution in [1.29, 1.82) is 0 Å². The van der Waals surface area contributed by atoms with Gasteiger partial charge in [0, 0.05) is 12.6 Å². The Hall–Kier alpha value is -3.28. The predicted octanol–water partition coefficient (Wildman–Crippen LogP) is 3.90. The van der Waals surface area contributed by atoms with Crippen LogP contribution in [0.15, 0.2) is 60.9 Å². The Morgan fingerprint density at radius 1 is 0.889 bits per heavy atom. The lowest BCUT2D eigenvalue weighted by molar-refractivity contribution is 0.331. The van der Waals surface area contributed by atoms with Crippen molar-refractivity contribution >= 4 is 11.6 Å². The van der Waals surface area contributed by atoms with E-state index in [-0.39, 0.29) is 0 Å². The standard InChI is InChI=1S/C21H24N4O2/c1-16-4-3-5-17(12-16)14-23-21-13-20(24-15-25-21)22-10-11-27-19-8-6-18(26-2)7-9-19/h3-9,12-13,15H,10-11,14H2,1-2H3,(H2,22,23,24,25). The summed E-state index contributed by atoms with van der Waals surface area (Å²) in [5.41, 5.74) is 2.47. The molecule has 3 rings (SSSR count). The smallest absolute Gasteiger partial charge is 0.131 e. The van der Waals surface area contributed by atoms with E-state index >= 15 is 0 Å². The summed E-state index contributed by atoms with van der Waals surface area (Å²) >= 11 is 0. The summed E-state index contributed by atoms with van der Waals surface area (Å²) in [6.07, 6.45) is 1.55. The molecule has 0 unspecified atom stereocenters. The molecule has 1 aromatic heterocycles. The number of hydrogen-bond acceptors (Lipinski definition) is 6. The topological polar surface area (TPSA) is 68.3 Å². The highest BCUT2D eigenvalue weighted by Crippen LogP contribution is 2.17. The van der Waals surface area contributed by atoms with Crippen LogP contribution in [0.4, 0.5) is 11.6 Å². The van der Waals surface area contributed by atoms with Crippen molar-refractivity contribution < 1.29 is 9.47 Å². The molecule has 0 fully saturated rings. The van der Waals surface area contributed by atoms with Crippen LogP contribution in [0.2, 0.25) is 0 Å². The molecule has 27 heavy (non-hydrogen) atoms. The zero-order valence-corrected chi connectivity index (χ0v) is 15.6. The first-order valence-electron chi connectivity index (χ1n) is 8.85. The van der Waals surface area contributed by atoms with Crippen molar-refractivity contribution in [3.63, 3.8) is 0 Å². The number of anilines is 2. The molecular weight excluding hydrogens is 340 g/mol. The second kappa shape index (κ2) is 9.43. The van der Waals surface area contributed by atoms with Crippen LogP contribution < -0.4 is 20.1 Å². The summed E-state index contributed by atoms with van der Waals surface area (Å²) < 4.78 is 10.8. The van der Waals surface area contributed by atoms with Crippen LogP contribution in [0.3, 0.4) is 0 Å². The predicted molar refractivity (Wildman–Crippen MR) is 108 cm³/mol. The second-order valence-electron chi connectivity index (χ2n) is 6.08. The molecule has 6 nitrogen and oxygen atoms in total. The van der Waals surface area contributed by atoms with Gasteiger partial charge < -0.3 is 20.1 Å². The SMILES string of the molecule is COc1ccc(OCCNc2cc(NCc3cccc(C)c3)ncn2)cc1. The quantitative estimate of drug-likeness (QED) is 0.561. The Kier molecular flexibility index (Phi) is 6.46. The van der Waals surface area contributed by atoms with E-state index in [4.69, 9.17) is 9.47 Å². The molecule has 0 aliphatic heterocycles. The molecule has 140 valence electrons. The minimum absolute atomic E-state index is 0.530. The van der Waals surface area contributed by atoms with Gasteiger partial charge in [0.2, 0.25) is 0 Å². The highest BCUT2D eigenvalue weighted by Gasteiger charge is 2.00. The van der Waals surface area contributed by atoms with E-state index in [1.807, 2.05) is 30.3 Å². The van der Waals surface area contributed by atoms with Gasteiger partial charge in [0.25, 0.3) is 0 Å². The molecular formula is C21H24N4O2. The second-order valence-corrected chi connectivity index (χ2v) is 6.08. The molecule has 2 N–H and O–H groups in total. The molecule has 3 aromatic rings. The van der Waals surface area contributed by atoms with E-state index < -0.39 is 0 Å². The molecule has 0 atom stereocenters. The monoisotopic (exact) mass is 364 g/mol. The molecule has 0 bridgehead atoms. The Bertz CT molecular complexity index is 853. The number of nitrogens with one attached hydrogen (secondary N) is 2. The Balaban J connectivity index is 1.44. The summed E-state index contributed by atoms with van der Waals surface area (Å²) in [7, 11) is 1.64. The zero-order chi connectivity index (χ0) is 18.9.